The van der Waals surface area contributed by atoms with Gasteiger partial charge in [-0.2, -0.15) is 0 Å². The van der Waals surface area contributed by atoms with E-state index >= 15 is 0 Å². The van der Waals surface area contributed by atoms with Crippen LogP contribution in [0.5, 0.6) is 0 Å². The lowest BCUT2D eigenvalue weighted by atomic mass is 10.0. The molecule has 0 saturated heterocycles. The predicted molar refractivity (Wildman–Crippen MR) is 335 cm³/mol. The molecule has 0 spiro atoms. The van der Waals surface area contributed by atoms with Gasteiger partial charge in [-0.25, -0.2) is 0 Å². The van der Waals surface area contributed by atoms with E-state index in [-0.39, 0.29) is 31.1 Å². The van der Waals surface area contributed by atoms with Crippen LogP contribution in [-0.2, 0) is 28.6 Å². The van der Waals surface area contributed by atoms with Crippen LogP contribution in [0.4, 0.5) is 0 Å². The molecule has 1 atom stereocenters. The smallest absolute Gasteiger partial charge is 0.306 e. The summed E-state index contributed by atoms with van der Waals surface area (Å²) in [7, 11) is 0. The number of esters is 3. The Morgan fingerprint density at radius 3 is 0.792 bits per heavy atom. The van der Waals surface area contributed by atoms with Gasteiger partial charge >= 0.3 is 17.9 Å². The third kappa shape index (κ3) is 63.6. The van der Waals surface area contributed by atoms with Crippen LogP contribution < -0.4 is 0 Å². The quantitative estimate of drug-likeness (QED) is 0.0261. The normalized spacial score (nSPS) is 12.5. The van der Waals surface area contributed by atoms with Crippen LogP contribution in [0.3, 0.4) is 0 Å². The zero-order valence-corrected chi connectivity index (χ0v) is 51.2. The lowest BCUT2D eigenvalue weighted by Gasteiger charge is -2.18. The minimum Gasteiger partial charge on any atom is -0.462 e. The molecule has 0 aromatic heterocycles. The molecule has 0 aliphatic carbocycles. The molecular weight excluding hydrogens is 949 g/mol. The van der Waals surface area contributed by atoms with Crippen molar-refractivity contribution in [3.63, 3.8) is 0 Å². The summed E-state index contributed by atoms with van der Waals surface area (Å²) in [5, 5.41) is 0. The molecule has 0 aliphatic heterocycles. The van der Waals surface area contributed by atoms with Gasteiger partial charge in [-0.05, 0) is 70.6 Å². The zero-order chi connectivity index (χ0) is 55.7. The Morgan fingerprint density at radius 2 is 0.506 bits per heavy atom. The van der Waals surface area contributed by atoms with E-state index < -0.39 is 6.10 Å². The zero-order valence-electron chi connectivity index (χ0n) is 51.2. The maximum atomic E-state index is 12.9. The molecule has 0 heterocycles. The van der Waals surface area contributed by atoms with Crippen LogP contribution >= 0.6 is 0 Å². The van der Waals surface area contributed by atoms with Crippen molar-refractivity contribution in [3.05, 3.63) is 72.9 Å². The Kier molecular flexibility index (Phi) is 62.7. The molecule has 6 nitrogen and oxygen atoms in total. The molecule has 0 amide bonds. The van der Waals surface area contributed by atoms with Gasteiger partial charge in [-0.3, -0.25) is 14.4 Å². The Hall–Kier alpha value is -3.15. The molecule has 77 heavy (non-hydrogen) atoms. The van der Waals surface area contributed by atoms with E-state index in [1.54, 1.807) is 0 Å². The summed E-state index contributed by atoms with van der Waals surface area (Å²) in [6, 6.07) is 0. The van der Waals surface area contributed by atoms with Crippen LogP contribution in [0, 0.1) is 0 Å². The lowest BCUT2D eigenvalue weighted by Crippen LogP contribution is -2.30. The van der Waals surface area contributed by atoms with Gasteiger partial charge in [0.05, 0.1) is 0 Å². The van der Waals surface area contributed by atoms with Gasteiger partial charge in [0, 0.05) is 19.3 Å². The van der Waals surface area contributed by atoms with Crippen molar-refractivity contribution in [1.82, 2.24) is 0 Å². The minimum absolute atomic E-state index is 0.0705. The highest BCUT2D eigenvalue weighted by molar-refractivity contribution is 5.71. The summed E-state index contributed by atoms with van der Waals surface area (Å²) in [6.45, 7) is 6.57. The molecule has 0 N–H and O–H groups in total. The highest BCUT2D eigenvalue weighted by atomic mass is 16.6. The summed E-state index contributed by atoms with van der Waals surface area (Å²) in [5.41, 5.74) is 0. The fourth-order valence-electron chi connectivity index (χ4n) is 9.74. The number of carbonyl (C=O) groups excluding carboxylic acids is 3. The van der Waals surface area contributed by atoms with Crippen molar-refractivity contribution in [2.75, 3.05) is 13.2 Å². The maximum Gasteiger partial charge on any atom is 0.306 e. The van der Waals surface area contributed by atoms with Crippen LogP contribution in [-0.4, -0.2) is 37.2 Å². The molecule has 6 heteroatoms. The largest absolute Gasteiger partial charge is 0.462 e. The molecule has 446 valence electrons. The third-order valence-corrected chi connectivity index (χ3v) is 14.7. The molecule has 0 aromatic carbocycles. The van der Waals surface area contributed by atoms with Gasteiger partial charge in [0.2, 0.25) is 0 Å². The molecule has 0 fully saturated rings. The Bertz CT molecular complexity index is 1420. The van der Waals surface area contributed by atoms with E-state index in [0.717, 1.165) is 96.3 Å². The molecular formula is C71H126O6. The van der Waals surface area contributed by atoms with Crippen LogP contribution in [0.1, 0.15) is 342 Å². The average Bonchev–Trinajstić information content (AvgIpc) is 3.43. The SMILES string of the molecule is CC/C=C\C/C=C\C/C=C\C/C=C\C/C=C\C/C=C\CCCCCCCCCCCCC(=O)OCC(COC(=O)CCCCCCCCCCCCCCCC)OC(=O)CCCCCCCCCCCCCCCCCC. The van der Waals surface area contributed by atoms with E-state index in [1.807, 2.05) is 0 Å². The number of hydrogen-bond donors (Lipinski definition) is 0. The van der Waals surface area contributed by atoms with Crippen molar-refractivity contribution in [1.29, 1.82) is 0 Å². The highest BCUT2D eigenvalue weighted by Crippen LogP contribution is 2.17. The first kappa shape index (κ1) is 73.8. The Balaban J connectivity index is 4.26. The van der Waals surface area contributed by atoms with E-state index in [4.69, 9.17) is 14.2 Å². The number of unbranched alkanes of at least 4 members (excludes halogenated alkanes) is 38. The molecule has 0 bridgehead atoms. The van der Waals surface area contributed by atoms with Gasteiger partial charge in [0.25, 0.3) is 0 Å². The third-order valence-electron chi connectivity index (χ3n) is 14.7. The van der Waals surface area contributed by atoms with Gasteiger partial charge in [0.15, 0.2) is 6.10 Å². The summed E-state index contributed by atoms with van der Waals surface area (Å²) < 4.78 is 17.0. The predicted octanol–water partition coefficient (Wildman–Crippen LogP) is 22.9. The number of allylic oxidation sites excluding steroid dienone is 12. The Labute approximate surface area is 478 Å². The summed E-state index contributed by atoms with van der Waals surface area (Å²) in [5.74, 6) is -0.854. The molecule has 0 aliphatic rings. The van der Waals surface area contributed by atoms with Crippen molar-refractivity contribution in [2.45, 2.75) is 348 Å². The van der Waals surface area contributed by atoms with Crippen LogP contribution in [0.25, 0.3) is 0 Å². The van der Waals surface area contributed by atoms with Crippen molar-refractivity contribution in [2.24, 2.45) is 0 Å². The van der Waals surface area contributed by atoms with Crippen molar-refractivity contribution >= 4 is 17.9 Å². The number of rotatable bonds is 61. The van der Waals surface area contributed by atoms with Gasteiger partial charge in [-0.1, -0.05) is 325 Å². The van der Waals surface area contributed by atoms with Crippen LogP contribution in [0.2, 0.25) is 0 Å². The fraction of sp³-hybridized carbons (Fsp3) is 0.789. The number of ether oxygens (including phenoxy) is 3. The second-order valence-electron chi connectivity index (χ2n) is 22.4. The van der Waals surface area contributed by atoms with Crippen molar-refractivity contribution < 1.29 is 28.6 Å². The first-order chi connectivity index (χ1) is 38.0. The second kappa shape index (κ2) is 65.4. The standard InChI is InChI=1S/C71H126O6/c1-4-7-10-13-16-19-22-25-28-30-31-32-33-34-35-36-37-38-39-40-41-42-44-46-49-52-55-58-61-64-70(73)76-67-68(66-75-69(72)63-60-57-54-51-48-45-27-24-21-18-15-12-9-6-3)77-71(74)65-62-59-56-53-50-47-43-29-26-23-20-17-14-11-8-5-2/h7,10,16,19,25,28,31-32,34-35,37-38,68H,4-6,8-9,11-15,17-18,20-24,26-27,29-30,33,36,39-67H2,1-3H3/b10-7-,19-16-,28-25-,32-31-,35-34-,38-37-. The average molecular weight is 1080 g/mol. The van der Waals surface area contributed by atoms with E-state index in [1.165, 1.54) is 205 Å². The van der Waals surface area contributed by atoms with Gasteiger partial charge in [-0.15, -0.1) is 0 Å². The van der Waals surface area contributed by atoms with E-state index in [2.05, 4.69) is 93.7 Å². The topological polar surface area (TPSA) is 78.9 Å². The lowest BCUT2D eigenvalue weighted by molar-refractivity contribution is -0.167. The molecule has 0 aromatic rings. The highest BCUT2D eigenvalue weighted by Gasteiger charge is 2.19. The second-order valence-corrected chi connectivity index (χ2v) is 22.4. The fourth-order valence-corrected chi connectivity index (χ4v) is 9.74. The van der Waals surface area contributed by atoms with Crippen molar-refractivity contribution in [3.8, 4) is 0 Å². The molecule has 0 rings (SSSR count). The summed E-state index contributed by atoms with van der Waals surface area (Å²) in [4.78, 5) is 38.3. The Morgan fingerprint density at radius 1 is 0.273 bits per heavy atom. The molecule has 0 radical (unpaired) electrons. The number of carbonyl (C=O) groups is 3. The van der Waals surface area contributed by atoms with Gasteiger partial charge < -0.3 is 14.2 Å². The minimum atomic E-state index is -0.774. The van der Waals surface area contributed by atoms with E-state index in [0.29, 0.717) is 19.3 Å². The maximum absolute atomic E-state index is 12.9. The first-order valence-corrected chi connectivity index (χ1v) is 33.4. The summed E-state index contributed by atoms with van der Waals surface area (Å²) in [6.07, 6.45) is 84.8. The first-order valence-electron chi connectivity index (χ1n) is 33.4. The van der Waals surface area contributed by atoms with E-state index in [9.17, 15) is 14.4 Å². The van der Waals surface area contributed by atoms with Crippen LogP contribution in [0.15, 0.2) is 72.9 Å². The molecule has 1 unspecified atom stereocenters. The summed E-state index contributed by atoms with van der Waals surface area (Å²) >= 11 is 0. The van der Waals surface area contributed by atoms with Gasteiger partial charge in [0.1, 0.15) is 13.2 Å². The monoisotopic (exact) mass is 1070 g/mol. The number of hydrogen-bond acceptors (Lipinski definition) is 6. The molecule has 0 saturated carbocycles.